The number of aromatic nitrogens is 3. The minimum absolute atomic E-state index is 0.882. The van der Waals surface area contributed by atoms with Crippen molar-refractivity contribution in [2.45, 2.75) is 25.8 Å². The zero-order valence-corrected chi connectivity index (χ0v) is 14.1. The SMILES string of the molecule is CNCc1ccc(-c2ccnc3cc(N4CCCCC4)nn23)cc1. The molecule has 3 aromatic rings. The maximum Gasteiger partial charge on any atom is 0.157 e. The Labute approximate surface area is 142 Å². The van der Waals surface area contributed by atoms with Gasteiger partial charge in [-0.1, -0.05) is 24.3 Å². The molecule has 1 aliphatic rings. The van der Waals surface area contributed by atoms with E-state index in [0.717, 1.165) is 42.4 Å². The molecular formula is C19H23N5. The van der Waals surface area contributed by atoms with Gasteiger partial charge in [-0.15, -0.1) is 5.10 Å². The van der Waals surface area contributed by atoms with E-state index in [2.05, 4.69) is 45.5 Å². The van der Waals surface area contributed by atoms with Crippen LogP contribution in [0.25, 0.3) is 16.9 Å². The Morgan fingerprint density at radius 1 is 1.04 bits per heavy atom. The maximum absolute atomic E-state index is 4.84. The van der Waals surface area contributed by atoms with Crippen LogP contribution >= 0.6 is 0 Å². The Balaban J connectivity index is 1.71. The monoisotopic (exact) mass is 321 g/mol. The number of hydrogen-bond acceptors (Lipinski definition) is 4. The van der Waals surface area contributed by atoms with Gasteiger partial charge in [-0.3, -0.25) is 0 Å². The maximum atomic E-state index is 4.84. The average molecular weight is 321 g/mol. The highest BCUT2D eigenvalue weighted by Gasteiger charge is 2.16. The molecule has 1 aromatic carbocycles. The summed E-state index contributed by atoms with van der Waals surface area (Å²) in [5.74, 6) is 1.04. The largest absolute Gasteiger partial charge is 0.355 e. The second kappa shape index (κ2) is 6.61. The first-order chi connectivity index (χ1) is 11.8. The van der Waals surface area contributed by atoms with Gasteiger partial charge in [0.2, 0.25) is 0 Å². The van der Waals surface area contributed by atoms with E-state index in [1.54, 1.807) is 0 Å². The zero-order chi connectivity index (χ0) is 16.4. The first-order valence-corrected chi connectivity index (χ1v) is 8.69. The highest BCUT2D eigenvalue weighted by Crippen LogP contribution is 2.24. The number of benzene rings is 1. The van der Waals surface area contributed by atoms with Gasteiger partial charge in [0.05, 0.1) is 5.69 Å². The predicted molar refractivity (Wildman–Crippen MR) is 97.3 cm³/mol. The molecule has 5 heteroatoms. The van der Waals surface area contributed by atoms with E-state index in [-0.39, 0.29) is 0 Å². The van der Waals surface area contributed by atoms with Gasteiger partial charge in [-0.2, -0.15) is 0 Å². The van der Waals surface area contributed by atoms with Crippen molar-refractivity contribution in [3.05, 3.63) is 48.2 Å². The van der Waals surface area contributed by atoms with Crippen molar-refractivity contribution < 1.29 is 0 Å². The van der Waals surface area contributed by atoms with E-state index in [9.17, 15) is 0 Å². The lowest BCUT2D eigenvalue weighted by atomic mass is 10.1. The fraction of sp³-hybridized carbons (Fsp3) is 0.368. The minimum atomic E-state index is 0.882. The van der Waals surface area contributed by atoms with Crippen molar-refractivity contribution in [1.82, 2.24) is 19.9 Å². The van der Waals surface area contributed by atoms with Crippen LogP contribution in [0, 0.1) is 0 Å². The normalized spacial score (nSPS) is 15.1. The van der Waals surface area contributed by atoms with Gasteiger partial charge >= 0.3 is 0 Å². The summed E-state index contributed by atoms with van der Waals surface area (Å²) in [6.07, 6.45) is 5.70. The summed E-state index contributed by atoms with van der Waals surface area (Å²) >= 11 is 0. The molecule has 0 aliphatic carbocycles. The number of fused-ring (bicyclic) bond motifs is 1. The van der Waals surface area contributed by atoms with Crippen molar-refractivity contribution in [1.29, 1.82) is 0 Å². The van der Waals surface area contributed by atoms with Crippen LogP contribution in [0.2, 0.25) is 0 Å². The summed E-state index contributed by atoms with van der Waals surface area (Å²) < 4.78 is 1.97. The lowest BCUT2D eigenvalue weighted by molar-refractivity contribution is 0.572. The molecule has 0 amide bonds. The van der Waals surface area contributed by atoms with Gasteiger partial charge in [0, 0.05) is 37.5 Å². The summed E-state index contributed by atoms with van der Waals surface area (Å²) in [5, 5.41) is 8.02. The molecule has 1 fully saturated rings. The number of hydrogen-bond donors (Lipinski definition) is 1. The number of nitrogens with one attached hydrogen (secondary N) is 1. The third-order valence-electron chi connectivity index (χ3n) is 4.66. The third kappa shape index (κ3) is 2.87. The summed E-state index contributed by atoms with van der Waals surface area (Å²) in [5.41, 5.74) is 4.43. The van der Waals surface area contributed by atoms with Gasteiger partial charge in [0.25, 0.3) is 0 Å². The standard InChI is InChI=1S/C19H23N5/c1-20-14-15-5-7-16(8-6-15)17-9-10-21-18-13-19(22-24(17)18)23-11-3-2-4-12-23/h5-10,13,20H,2-4,11-12,14H2,1H3. The summed E-state index contributed by atoms with van der Waals surface area (Å²) in [6.45, 7) is 3.07. The molecule has 1 saturated heterocycles. The van der Waals surface area contributed by atoms with E-state index >= 15 is 0 Å². The lowest BCUT2D eigenvalue weighted by Gasteiger charge is -2.26. The van der Waals surface area contributed by atoms with Crippen LogP contribution in [-0.4, -0.2) is 34.7 Å². The topological polar surface area (TPSA) is 45.5 Å². The number of anilines is 1. The molecule has 0 saturated carbocycles. The molecule has 4 rings (SSSR count). The molecule has 2 aromatic heterocycles. The van der Waals surface area contributed by atoms with Crippen LogP contribution in [-0.2, 0) is 6.54 Å². The van der Waals surface area contributed by atoms with Crippen LogP contribution in [0.15, 0.2) is 42.6 Å². The minimum Gasteiger partial charge on any atom is -0.355 e. The fourth-order valence-electron chi connectivity index (χ4n) is 3.38. The van der Waals surface area contributed by atoms with Gasteiger partial charge < -0.3 is 10.2 Å². The third-order valence-corrected chi connectivity index (χ3v) is 4.66. The Morgan fingerprint density at radius 2 is 1.83 bits per heavy atom. The van der Waals surface area contributed by atoms with Crippen LogP contribution in [0.4, 0.5) is 5.82 Å². The highest BCUT2D eigenvalue weighted by atomic mass is 15.3. The lowest BCUT2D eigenvalue weighted by Crippen LogP contribution is -2.29. The smallest absolute Gasteiger partial charge is 0.157 e. The van der Waals surface area contributed by atoms with Crippen molar-refractivity contribution in [3.8, 4) is 11.3 Å². The predicted octanol–water partition coefficient (Wildman–Crippen LogP) is 3.11. The molecule has 24 heavy (non-hydrogen) atoms. The number of nitrogens with zero attached hydrogens (tertiary/aromatic N) is 4. The summed E-state index contributed by atoms with van der Waals surface area (Å²) in [6, 6.07) is 12.8. The number of piperidine rings is 1. The highest BCUT2D eigenvalue weighted by molar-refractivity contribution is 5.64. The van der Waals surface area contributed by atoms with Gasteiger partial charge in [0.1, 0.15) is 0 Å². The van der Waals surface area contributed by atoms with Crippen molar-refractivity contribution in [2.24, 2.45) is 0 Å². The van der Waals surface area contributed by atoms with Crippen molar-refractivity contribution in [3.63, 3.8) is 0 Å². The molecule has 5 nitrogen and oxygen atoms in total. The van der Waals surface area contributed by atoms with E-state index in [0.29, 0.717) is 0 Å². The Kier molecular flexibility index (Phi) is 4.17. The Hall–Kier alpha value is -2.40. The molecule has 0 atom stereocenters. The van der Waals surface area contributed by atoms with Gasteiger partial charge in [0.15, 0.2) is 11.5 Å². The van der Waals surface area contributed by atoms with Crippen molar-refractivity contribution >= 4 is 11.5 Å². The molecular weight excluding hydrogens is 298 g/mol. The summed E-state index contributed by atoms with van der Waals surface area (Å²) in [4.78, 5) is 6.87. The number of rotatable bonds is 4. The van der Waals surface area contributed by atoms with Gasteiger partial charge in [-0.05, 0) is 37.9 Å². The molecule has 124 valence electrons. The van der Waals surface area contributed by atoms with Crippen LogP contribution in [0.3, 0.4) is 0 Å². The second-order valence-electron chi connectivity index (χ2n) is 6.38. The molecule has 0 bridgehead atoms. The molecule has 1 N–H and O–H groups in total. The Bertz CT molecular complexity index is 815. The second-order valence-corrected chi connectivity index (χ2v) is 6.38. The molecule has 1 aliphatic heterocycles. The molecule has 0 radical (unpaired) electrons. The van der Waals surface area contributed by atoms with E-state index < -0.39 is 0 Å². The van der Waals surface area contributed by atoms with E-state index in [1.165, 1.54) is 24.8 Å². The fourth-order valence-corrected chi connectivity index (χ4v) is 3.38. The first-order valence-electron chi connectivity index (χ1n) is 8.69. The van der Waals surface area contributed by atoms with Crippen LogP contribution in [0.1, 0.15) is 24.8 Å². The Morgan fingerprint density at radius 3 is 2.58 bits per heavy atom. The summed E-state index contributed by atoms with van der Waals surface area (Å²) in [7, 11) is 1.96. The average Bonchev–Trinajstić information content (AvgIpc) is 3.08. The molecule has 3 heterocycles. The van der Waals surface area contributed by atoms with Crippen LogP contribution in [0.5, 0.6) is 0 Å². The zero-order valence-electron chi connectivity index (χ0n) is 14.1. The van der Waals surface area contributed by atoms with E-state index in [4.69, 9.17) is 5.10 Å². The first kappa shape index (κ1) is 15.1. The molecule has 0 spiro atoms. The van der Waals surface area contributed by atoms with Crippen molar-refractivity contribution in [2.75, 3.05) is 25.0 Å². The van der Waals surface area contributed by atoms with Gasteiger partial charge in [-0.25, -0.2) is 9.50 Å². The van der Waals surface area contributed by atoms with Crippen LogP contribution < -0.4 is 10.2 Å². The molecule has 0 unspecified atom stereocenters. The quantitative estimate of drug-likeness (QED) is 0.802. The van der Waals surface area contributed by atoms with E-state index in [1.807, 2.05) is 23.8 Å².